The third kappa shape index (κ3) is 5.00. The van der Waals surface area contributed by atoms with Crippen molar-refractivity contribution in [1.29, 1.82) is 0 Å². The average molecular weight is 285 g/mol. The Bertz CT molecular complexity index is 503. The molecule has 1 heteroatoms. The topological polar surface area (TPSA) is 12.0 Å². The van der Waals surface area contributed by atoms with Crippen LogP contribution >= 0.6 is 0 Å². The molecule has 1 aromatic carbocycles. The lowest BCUT2D eigenvalue weighted by molar-refractivity contribution is 0.419. The zero-order valence-electron chi connectivity index (χ0n) is 14.4. The van der Waals surface area contributed by atoms with E-state index in [-0.39, 0.29) is 5.54 Å². The van der Waals surface area contributed by atoms with E-state index >= 15 is 0 Å². The van der Waals surface area contributed by atoms with Gasteiger partial charge in [0, 0.05) is 5.54 Å². The standard InChI is InChI=1S/C20H31N/c1-15(2)18-13-17-10-9-16(12-19(17)14-18)8-6-7-11-21-20(3,4)5/h9-10,12,14-15,21H,6-8,11,13H2,1-5H3. The third-order valence-corrected chi connectivity index (χ3v) is 4.23. The van der Waals surface area contributed by atoms with Crippen LogP contribution in [0.4, 0.5) is 0 Å². The molecule has 1 nitrogen and oxygen atoms in total. The van der Waals surface area contributed by atoms with Crippen molar-refractivity contribution in [3.8, 4) is 0 Å². The highest BCUT2D eigenvalue weighted by Crippen LogP contribution is 2.30. The van der Waals surface area contributed by atoms with Gasteiger partial charge in [0.05, 0.1) is 0 Å². The fourth-order valence-corrected chi connectivity index (χ4v) is 2.85. The molecular formula is C20H31N. The smallest absolute Gasteiger partial charge is 0.00965 e. The van der Waals surface area contributed by atoms with Gasteiger partial charge in [-0.3, -0.25) is 0 Å². The minimum atomic E-state index is 0.242. The maximum absolute atomic E-state index is 3.56. The predicted octanol–water partition coefficient (Wildman–Crippen LogP) is 4.99. The van der Waals surface area contributed by atoms with Crippen molar-refractivity contribution in [3.05, 3.63) is 40.5 Å². The van der Waals surface area contributed by atoms with E-state index in [2.05, 4.69) is 64.2 Å². The molecule has 0 saturated heterocycles. The van der Waals surface area contributed by atoms with Crippen molar-refractivity contribution in [2.75, 3.05) is 6.54 Å². The number of rotatable bonds is 6. The van der Waals surface area contributed by atoms with E-state index in [1.807, 2.05) is 0 Å². The number of unbranched alkanes of at least 4 members (excludes halogenated alkanes) is 1. The van der Waals surface area contributed by atoms with Crippen LogP contribution in [0.1, 0.15) is 64.2 Å². The fraction of sp³-hybridized carbons (Fsp3) is 0.600. The number of hydrogen-bond donors (Lipinski definition) is 1. The molecule has 0 aromatic heterocycles. The molecule has 0 radical (unpaired) electrons. The second-order valence-corrected chi connectivity index (χ2v) is 7.72. The molecule has 0 atom stereocenters. The molecule has 0 heterocycles. The minimum absolute atomic E-state index is 0.242. The van der Waals surface area contributed by atoms with E-state index in [1.165, 1.54) is 36.0 Å². The van der Waals surface area contributed by atoms with Crippen molar-refractivity contribution < 1.29 is 0 Å². The lowest BCUT2D eigenvalue weighted by atomic mass is 10.0. The van der Waals surface area contributed by atoms with Crippen LogP contribution in [0.25, 0.3) is 6.08 Å². The molecular weight excluding hydrogens is 254 g/mol. The number of benzene rings is 1. The zero-order valence-corrected chi connectivity index (χ0v) is 14.4. The van der Waals surface area contributed by atoms with Crippen LogP contribution in [-0.4, -0.2) is 12.1 Å². The summed E-state index contributed by atoms with van der Waals surface area (Å²) in [5.41, 5.74) is 6.29. The van der Waals surface area contributed by atoms with Crippen LogP contribution < -0.4 is 5.32 Å². The van der Waals surface area contributed by atoms with Crippen LogP contribution in [0.15, 0.2) is 23.8 Å². The van der Waals surface area contributed by atoms with E-state index in [0.29, 0.717) is 5.92 Å². The Kier molecular flexibility index (Phi) is 5.27. The highest BCUT2D eigenvalue weighted by molar-refractivity contribution is 5.64. The summed E-state index contributed by atoms with van der Waals surface area (Å²) in [5.74, 6) is 0.671. The Morgan fingerprint density at radius 3 is 2.57 bits per heavy atom. The Morgan fingerprint density at radius 2 is 1.90 bits per heavy atom. The lowest BCUT2D eigenvalue weighted by Crippen LogP contribution is -2.36. The summed E-state index contributed by atoms with van der Waals surface area (Å²) in [6, 6.07) is 7.07. The van der Waals surface area contributed by atoms with Gasteiger partial charge in [-0.25, -0.2) is 0 Å². The molecule has 1 N–H and O–H groups in total. The van der Waals surface area contributed by atoms with Gasteiger partial charge in [0.2, 0.25) is 0 Å². The quantitative estimate of drug-likeness (QED) is 0.726. The number of allylic oxidation sites excluding steroid dienone is 1. The molecule has 0 spiro atoms. The van der Waals surface area contributed by atoms with Gasteiger partial charge in [-0.15, -0.1) is 0 Å². The molecule has 1 aliphatic rings. The molecule has 0 amide bonds. The van der Waals surface area contributed by atoms with Gasteiger partial charge in [-0.1, -0.05) is 43.7 Å². The van der Waals surface area contributed by atoms with E-state index in [4.69, 9.17) is 0 Å². The molecule has 1 aromatic rings. The maximum atomic E-state index is 3.56. The van der Waals surface area contributed by atoms with Gasteiger partial charge in [0.25, 0.3) is 0 Å². The summed E-state index contributed by atoms with van der Waals surface area (Å²) in [6.07, 6.45) is 7.28. The van der Waals surface area contributed by atoms with E-state index in [9.17, 15) is 0 Å². The molecule has 0 saturated carbocycles. The molecule has 21 heavy (non-hydrogen) atoms. The summed E-state index contributed by atoms with van der Waals surface area (Å²) in [5, 5.41) is 3.56. The SMILES string of the molecule is CC(C)C1=Cc2cc(CCCCNC(C)(C)C)ccc2C1. The number of hydrogen-bond acceptors (Lipinski definition) is 1. The highest BCUT2D eigenvalue weighted by Gasteiger charge is 2.15. The Morgan fingerprint density at radius 1 is 1.14 bits per heavy atom. The monoisotopic (exact) mass is 285 g/mol. The highest BCUT2D eigenvalue weighted by atomic mass is 14.9. The number of aryl methyl sites for hydroxylation is 1. The first-order valence-electron chi connectivity index (χ1n) is 8.42. The van der Waals surface area contributed by atoms with E-state index in [1.54, 1.807) is 5.57 Å². The van der Waals surface area contributed by atoms with Crippen molar-refractivity contribution in [3.63, 3.8) is 0 Å². The zero-order chi connectivity index (χ0) is 15.5. The molecule has 0 unspecified atom stereocenters. The van der Waals surface area contributed by atoms with Gasteiger partial charge in [0.1, 0.15) is 0 Å². The van der Waals surface area contributed by atoms with Crippen molar-refractivity contribution in [2.45, 2.75) is 65.8 Å². The van der Waals surface area contributed by atoms with Crippen molar-refractivity contribution in [1.82, 2.24) is 5.32 Å². The van der Waals surface area contributed by atoms with Gasteiger partial charge in [0.15, 0.2) is 0 Å². The molecule has 0 fully saturated rings. The Balaban J connectivity index is 1.82. The fourth-order valence-electron chi connectivity index (χ4n) is 2.85. The van der Waals surface area contributed by atoms with E-state index in [0.717, 1.165) is 13.0 Å². The summed E-state index contributed by atoms with van der Waals surface area (Å²) < 4.78 is 0. The van der Waals surface area contributed by atoms with Crippen LogP contribution in [0.5, 0.6) is 0 Å². The first kappa shape index (κ1) is 16.3. The van der Waals surface area contributed by atoms with Crippen LogP contribution in [0.2, 0.25) is 0 Å². The summed E-state index contributed by atoms with van der Waals surface area (Å²) in [6.45, 7) is 12.4. The Labute approximate surface area is 130 Å². The van der Waals surface area contributed by atoms with Gasteiger partial charge < -0.3 is 5.32 Å². The van der Waals surface area contributed by atoms with Crippen LogP contribution in [0.3, 0.4) is 0 Å². The van der Waals surface area contributed by atoms with Crippen molar-refractivity contribution >= 4 is 6.08 Å². The first-order chi connectivity index (χ1) is 9.85. The van der Waals surface area contributed by atoms with Crippen LogP contribution in [0, 0.1) is 5.92 Å². The summed E-state index contributed by atoms with van der Waals surface area (Å²) >= 11 is 0. The van der Waals surface area contributed by atoms with Gasteiger partial charge in [-0.2, -0.15) is 0 Å². The molecule has 2 rings (SSSR count). The molecule has 116 valence electrons. The first-order valence-corrected chi connectivity index (χ1v) is 8.42. The summed E-state index contributed by atoms with van der Waals surface area (Å²) in [7, 11) is 0. The predicted molar refractivity (Wildman–Crippen MR) is 93.7 cm³/mol. The maximum Gasteiger partial charge on any atom is 0.00965 e. The molecule has 1 aliphatic carbocycles. The summed E-state index contributed by atoms with van der Waals surface area (Å²) in [4.78, 5) is 0. The van der Waals surface area contributed by atoms with Crippen molar-refractivity contribution in [2.24, 2.45) is 5.92 Å². The largest absolute Gasteiger partial charge is 0.312 e. The Hall–Kier alpha value is -1.08. The second-order valence-electron chi connectivity index (χ2n) is 7.72. The minimum Gasteiger partial charge on any atom is -0.312 e. The molecule has 0 bridgehead atoms. The average Bonchev–Trinajstić information content (AvgIpc) is 2.80. The van der Waals surface area contributed by atoms with Gasteiger partial charge in [-0.05, 0) is 75.6 Å². The second kappa shape index (κ2) is 6.79. The molecule has 0 aliphatic heterocycles. The van der Waals surface area contributed by atoms with Gasteiger partial charge >= 0.3 is 0 Å². The lowest BCUT2D eigenvalue weighted by Gasteiger charge is -2.20. The van der Waals surface area contributed by atoms with E-state index < -0.39 is 0 Å². The third-order valence-electron chi connectivity index (χ3n) is 4.23. The number of nitrogens with one attached hydrogen (secondary N) is 1. The normalized spacial score (nSPS) is 14.5. The number of fused-ring (bicyclic) bond motifs is 1. The van der Waals surface area contributed by atoms with Crippen LogP contribution in [-0.2, 0) is 12.8 Å².